The number of carbonyl (C=O) groups excluding carboxylic acids is 1. The van der Waals surface area contributed by atoms with Gasteiger partial charge in [0.2, 0.25) is 15.9 Å². The van der Waals surface area contributed by atoms with Gasteiger partial charge in [-0.1, -0.05) is 61.2 Å². The number of nitrogens with zero attached hydrogens (tertiary/aromatic N) is 1. The van der Waals surface area contributed by atoms with E-state index in [1.54, 1.807) is 0 Å². The zero-order valence-electron chi connectivity index (χ0n) is 19.2. The van der Waals surface area contributed by atoms with Crippen molar-refractivity contribution in [3.8, 4) is 0 Å². The molecule has 1 aliphatic carbocycles. The number of nitrogens with one attached hydrogen (secondary N) is 1. The number of halogens is 1. The average molecular weight is 473 g/mol. The first-order valence-corrected chi connectivity index (χ1v) is 13.4. The minimum absolute atomic E-state index is 0.00413. The maximum absolute atomic E-state index is 14.1. The number of hydrogen-bond donors (Lipinski definition) is 1. The highest BCUT2D eigenvalue weighted by Gasteiger charge is 2.37. The van der Waals surface area contributed by atoms with Crippen molar-refractivity contribution in [3.63, 3.8) is 0 Å². The number of sulfonamides is 1. The summed E-state index contributed by atoms with van der Waals surface area (Å²) in [5.74, 6) is -0.975. The molecule has 1 saturated carbocycles. The zero-order chi connectivity index (χ0) is 23.5. The van der Waals surface area contributed by atoms with Crippen molar-refractivity contribution in [1.82, 2.24) is 9.62 Å². The Morgan fingerprint density at radius 3 is 2.42 bits per heavy atom. The van der Waals surface area contributed by atoms with Crippen LogP contribution in [0, 0.1) is 18.7 Å². The second-order valence-corrected chi connectivity index (χ2v) is 11.4. The van der Waals surface area contributed by atoms with E-state index in [0.29, 0.717) is 19.4 Å². The average Bonchev–Trinajstić information content (AvgIpc) is 2.83. The summed E-state index contributed by atoms with van der Waals surface area (Å²) < 4.78 is 41.0. The van der Waals surface area contributed by atoms with Crippen LogP contribution in [-0.4, -0.2) is 38.3 Å². The number of hydrogen-bond acceptors (Lipinski definition) is 3. The molecule has 2 aliphatic rings. The van der Waals surface area contributed by atoms with Crippen LogP contribution in [0.1, 0.15) is 56.1 Å². The van der Waals surface area contributed by atoms with Crippen LogP contribution in [0.4, 0.5) is 4.39 Å². The number of rotatable bonds is 6. The molecule has 0 bridgehead atoms. The highest BCUT2D eigenvalue weighted by molar-refractivity contribution is 7.89. The number of amides is 1. The highest BCUT2D eigenvalue weighted by Crippen LogP contribution is 2.39. The largest absolute Gasteiger partial charge is 0.355 e. The molecule has 2 fully saturated rings. The highest BCUT2D eigenvalue weighted by atomic mass is 32.2. The first-order chi connectivity index (χ1) is 15.8. The molecule has 2 aromatic rings. The maximum atomic E-state index is 14.1. The summed E-state index contributed by atoms with van der Waals surface area (Å²) in [6.07, 6.45) is 6.57. The van der Waals surface area contributed by atoms with E-state index in [9.17, 15) is 17.6 Å². The molecule has 1 heterocycles. The maximum Gasteiger partial charge on any atom is 0.245 e. The molecular formula is C26H33FN2O3S. The van der Waals surface area contributed by atoms with Crippen LogP contribution in [-0.2, 0) is 20.2 Å². The Bertz CT molecular complexity index is 1090. The van der Waals surface area contributed by atoms with E-state index in [1.807, 2.05) is 0 Å². The number of carbonyl (C=O) groups is 1. The van der Waals surface area contributed by atoms with Crippen LogP contribution < -0.4 is 5.32 Å². The van der Waals surface area contributed by atoms with E-state index >= 15 is 0 Å². The lowest BCUT2D eigenvalue weighted by molar-refractivity contribution is -0.126. The molecule has 1 saturated heterocycles. The lowest BCUT2D eigenvalue weighted by Gasteiger charge is -2.39. The predicted octanol–water partition coefficient (Wildman–Crippen LogP) is 4.55. The second kappa shape index (κ2) is 9.94. The van der Waals surface area contributed by atoms with Gasteiger partial charge in [0.15, 0.2) is 0 Å². The fourth-order valence-electron chi connectivity index (χ4n) is 5.32. The SMILES string of the molecule is Cc1cccc(C2(CNC(=O)C3CCN(S(=O)(=O)c4ccccc4F)CC3)CCCCC2)c1. The summed E-state index contributed by atoms with van der Waals surface area (Å²) in [6, 6.07) is 14.0. The van der Waals surface area contributed by atoms with Crippen LogP contribution in [0.3, 0.4) is 0 Å². The quantitative estimate of drug-likeness (QED) is 0.671. The molecule has 1 N–H and O–H groups in total. The van der Waals surface area contributed by atoms with Crippen LogP contribution in [0.15, 0.2) is 53.4 Å². The Morgan fingerprint density at radius 1 is 1.06 bits per heavy atom. The van der Waals surface area contributed by atoms with Crippen molar-refractivity contribution < 1.29 is 17.6 Å². The smallest absolute Gasteiger partial charge is 0.245 e. The molecule has 7 heteroatoms. The van der Waals surface area contributed by atoms with Crippen molar-refractivity contribution >= 4 is 15.9 Å². The van der Waals surface area contributed by atoms with E-state index in [2.05, 4.69) is 36.5 Å². The van der Waals surface area contributed by atoms with Crippen LogP contribution in [0.2, 0.25) is 0 Å². The van der Waals surface area contributed by atoms with E-state index in [4.69, 9.17) is 0 Å². The summed E-state index contributed by atoms with van der Waals surface area (Å²) in [5, 5.41) is 3.21. The van der Waals surface area contributed by atoms with Gasteiger partial charge < -0.3 is 5.32 Å². The van der Waals surface area contributed by atoms with E-state index < -0.39 is 15.8 Å². The van der Waals surface area contributed by atoms with Gasteiger partial charge in [-0.2, -0.15) is 4.31 Å². The van der Waals surface area contributed by atoms with Crippen molar-refractivity contribution in [3.05, 3.63) is 65.5 Å². The van der Waals surface area contributed by atoms with Gasteiger partial charge in [0.05, 0.1) is 0 Å². The molecule has 4 rings (SSSR count). The molecule has 178 valence electrons. The first-order valence-electron chi connectivity index (χ1n) is 11.9. The number of piperidine rings is 1. The van der Waals surface area contributed by atoms with Crippen LogP contribution in [0.25, 0.3) is 0 Å². The van der Waals surface area contributed by atoms with Crippen molar-refractivity contribution in [2.24, 2.45) is 5.92 Å². The number of benzene rings is 2. The lowest BCUT2D eigenvalue weighted by Crippen LogP contribution is -2.47. The predicted molar refractivity (Wildman–Crippen MR) is 127 cm³/mol. The van der Waals surface area contributed by atoms with Gasteiger partial charge in [-0.15, -0.1) is 0 Å². The van der Waals surface area contributed by atoms with Crippen LogP contribution in [0.5, 0.6) is 0 Å². The van der Waals surface area contributed by atoms with Crippen molar-refractivity contribution in [2.45, 2.75) is 62.2 Å². The fourth-order valence-corrected chi connectivity index (χ4v) is 6.86. The second-order valence-electron chi connectivity index (χ2n) is 9.54. The Balaban J connectivity index is 1.38. The number of aryl methyl sites for hydroxylation is 1. The monoisotopic (exact) mass is 472 g/mol. The molecule has 33 heavy (non-hydrogen) atoms. The molecule has 0 unspecified atom stereocenters. The van der Waals surface area contributed by atoms with Crippen molar-refractivity contribution in [1.29, 1.82) is 0 Å². The third kappa shape index (κ3) is 5.14. The molecule has 1 aliphatic heterocycles. The summed E-state index contributed by atoms with van der Waals surface area (Å²) >= 11 is 0. The minimum atomic E-state index is -3.89. The third-order valence-electron chi connectivity index (χ3n) is 7.32. The third-order valence-corrected chi connectivity index (χ3v) is 9.25. The van der Waals surface area contributed by atoms with Crippen LogP contribution >= 0.6 is 0 Å². The lowest BCUT2D eigenvalue weighted by atomic mass is 9.69. The van der Waals surface area contributed by atoms with Gasteiger partial charge in [0.25, 0.3) is 0 Å². The molecule has 0 atom stereocenters. The van der Waals surface area contributed by atoms with E-state index in [-0.39, 0.29) is 35.2 Å². The topological polar surface area (TPSA) is 66.5 Å². The van der Waals surface area contributed by atoms with Crippen molar-refractivity contribution in [2.75, 3.05) is 19.6 Å². The standard InChI is InChI=1S/C26H33FN2O3S/c1-20-8-7-9-22(18-20)26(14-5-2-6-15-26)19-28-25(30)21-12-16-29(17-13-21)33(31,32)24-11-4-3-10-23(24)27/h3-4,7-11,18,21H,2,5-6,12-17,19H2,1H3,(H,28,30). The van der Waals surface area contributed by atoms with Gasteiger partial charge in [-0.05, 0) is 50.3 Å². The summed E-state index contributed by atoms with van der Waals surface area (Å²) in [5.41, 5.74) is 2.50. The molecule has 2 aromatic carbocycles. The summed E-state index contributed by atoms with van der Waals surface area (Å²) in [4.78, 5) is 12.7. The minimum Gasteiger partial charge on any atom is -0.355 e. The van der Waals surface area contributed by atoms with Gasteiger partial charge in [-0.3, -0.25) is 4.79 Å². The van der Waals surface area contributed by atoms with Gasteiger partial charge in [-0.25, -0.2) is 12.8 Å². The molecular weight excluding hydrogens is 439 g/mol. The Morgan fingerprint density at radius 2 is 1.76 bits per heavy atom. The normalized spacial score (nSPS) is 19.8. The molecule has 0 spiro atoms. The Kier molecular flexibility index (Phi) is 7.19. The van der Waals surface area contributed by atoms with E-state index in [1.165, 1.54) is 40.1 Å². The molecule has 1 amide bonds. The summed E-state index contributed by atoms with van der Waals surface area (Å²) in [7, 11) is -3.89. The summed E-state index contributed by atoms with van der Waals surface area (Å²) in [6.45, 7) is 3.15. The van der Waals surface area contributed by atoms with Gasteiger partial charge in [0.1, 0.15) is 10.7 Å². The Labute approximate surface area is 196 Å². The molecule has 5 nitrogen and oxygen atoms in total. The fraction of sp³-hybridized carbons (Fsp3) is 0.500. The van der Waals surface area contributed by atoms with E-state index in [0.717, 1.165) is 31.7 Å². The molecule has 0 aromatic heterocycles. The van der Waals surface area contributed by atoms with Gasteiger partial charge in [0, 0.05) is 31.0 Å². The molecule has 0 radical (unpaired) electrons. The Hall–Kier alpha value is -2.25. The first kappa shape index (κ1) is 23.9. The zero-order valence-corrected chi connectivity index (χ0v) is 20.0. The van der Waals surface area contributed by atoms with Gasteiger partial charge >= 0.3 is 0 Å².